The molecule has 128 valence electrons. The smallest absolute Gasteiger partial charge is 0.213 e. The van der Waals surface area contributed by atoms with Crippen molar-refractivity contribution in [2.24, 2.45) is 5.41 Å². The fourth-order valence-electron chi connectivity index (χ4n) is 4.00. The SMILES string of the molecule is c1ccc(OC[C@@]23CCCO[C@@H]2CCN(Cc2ccco2)C3)nc1. The molecule has 2 aromatic heterocycles. The summed E-state index contributed by atoms with van der Waals surface area (Å²) in [6, 6.07) is 9.77. The van der Waals surface area contributed by atoms with Gasteiger partial charge < -0.3 is 13.9 Å². The molecule has 2 aliphatic rings. The van der Waals surface area contributed by atoms with Gasteiger partial charge >= 0.3 is 0 Å². The molecule has 2 atom stereocenters. The fourth-order valence-corrected chi connectivity index (χ4v) is 4.00. The van der Waals surface area contributed by atoms with Crippen LogP contribution in [0.2, 0.25) is 0 Å². The van der Waals surface area contributed by atoms with Crippen LogP contribution in [0.1, 0.15) is 25.0 Å². The summed E-state index contributed by atoms with van der Waals surface area (Å²) in [5.74, 6) is 1.71. The van der Waals surface area contributed by atoms with Crippen molar-refractivity contribution in [1.82, 2.24) is 9.88 Å². The average Bonchev–Trinajstić information content (AvgIpc) is 3.14. The van der Waals surface area contributed by atoms with Crippen molar-refractivity contribution in [2.75, 3.05) is 26.3 Å². The van der Waals surface area contributed by atoms with Crippen LogP contribution in [0.5, 0.6) is 5.88 Å². The lowest BCUT2D eigenvalue weighted by Gasteiger charge is -2.50. The monoisotopic (exact) mass is 328 g/mol. The summed E-state index contributed by atoms with van der Waals surface area (Å²) < 4.78 is 17.7. The van der Waals surface area contributed by atoms with Gasteiger partial charge in [-0.25, -0.2) is 4.98 Å². The minimum atomic E-state index is 0.0423. The van der Waals surface area contributed by atoms with Crippen LogP contribution in [0.4, 0.5) is 0 Å². The van der Waals surface area contributed by atoms with Gasteiger partial charge in [0.05, 0.1) is 25.5 Å². The molecule has 0 spiro atoms. The van der Waals surface area contributed by atoms with E-state index in [0.29, 0.717) is 12.5 Å². The molecule has 0 unspecified atom stereocenters. The number of furan rings is 1. The lowest BCUT2D eigenvalue weighted by atomic mass is 9.73. The average molecular weight is 328 g/mol. The topological polar surface area (TPSA) is 47.7 Å². The van der Waals surface area contributed by atoms with Crippen molar-refractivity contribution in [3.8, 4) is 5.88 Å². The van der Waals surface area contributed by atoms with Gasteiger partial charge in [0.1, 0.15) is 5.76 Å². The normalized spacial score (nSPS) is 27.6. The van der Waals surface area contributed by atoms with E-state index in [1.54, 1.807) is 12.5 Å². The molecule has 2 saturated heterocycles. The minimum absolute atomic E-state index is 0.0423. The Balaban J connectivity index is 1.47. The van der Waals surface area contributed by atoms with Crippen molar-refractivity contribution < 1.29 is 13.9 Å². The lowest BCUT2D eigenvalue weighted by molar-refractivity contribution is -0.141. The number of rotatable bonds is 5. The highest BCUT2D eigenvalue weighted by molar-refractivity contribution is 5.10. The number of ether oxygens (including phenoxy) is 2. The standard InChI is InChI=1S/C19H24N2O3/c1-2-9-20-18(6-1)24-15-19-8-4-12-23-17(19)7-10-21(14-19)13-16-5-3-11-22-16/h1-3,5-6,9,11,17H,4,7-8,10,12-15H2/t17-,19+/m1/s1. The maximum atomic E-state index is 6.11. The molecule has 2 aliphatic heterocycles. The van der Waals surface area contributed by atoms with Gasteiger partial charge in [0.15, 0.2) is 0 Å². The second kappa shape index (κ2) is 6.95. The number of hydrogen-bond donors (Lipinski definition) is 0. The van der Waals surface area contributed by atoms with Gasteiger partial charge in [0, 0.05) is 37.4 Å². The number of likely N-dealkylation sites (tertiary alicyclic amines) is 1. The van der Waals surface area contributed by atoms with Crippen LogP contribution in [-0.4, -0.2) is 42.3 Å². The summed E-state index contributed by atoms with van der Waals surface area (Å²) in [6.45, 7) is 4.39. The van der Waals surface area contributed by atoms with E-state index in [1.165, 1.54) is 0 Å². The van der Waals surface area contributed by atoms with Crippen LogP contribution in [0.25, 0.3) is 0 Å². The predicted molar refractivity (Wildman–Crippen MR) is 89.7 cm³/mol. The Morgan fingerprint density at radius 2 is 2.29 bits per heavy atom. The summed E-state index contributed by atoms with van der Waals surface area (Å²) in [6.07, 6.45) is 7.07. The van der Waals surface area contributed by atoms with E-state index >= 15 is 0 Å². The van der Waals surface area contributed by atoms with Crippen LogP contribution in [0, 0.1) is 5.41 Å². The van der Waals surface area contributed by atoms with Gasteiger partial charge in [-0.05, 0) is 37.5 Å². The Bertz CT molecular complexity index is 631. The predicted octanol–water partition coefficient (Wildman–Crippen LogP) is 3.12. The maximum absolute atomic E-state index is 6.11. The molecule has 0 aromatic carbocycles. The number of fused-ring (bicyclic) bond motifs is 1. The van der Waals surface area contributed by atoms with Crippen LogP contribution >= 0.6 is 0 Å². The van der Waals surface area contributed by atoms with Crippen molar-refractivity contribution in [3.63, 3.8) is 0 Å². The number of aromatic nitrogens is 1. The van der Waals surface area contributed by atoms with Gasteiger partial charge in [-0.2, -0.15) is 0 Å². The molecule has 2 aromatic rings. The number of nitrogens with zero attached hydrogens (tertiary/aromatic N) is 2. The third-order valence-electron chi connectivity index (χ3n) is 5.17. The van der Waals surface area contributed by atoms with Crippen LogP contribution in [0.15, 0.2) is 47.2 Å². The third-order valence-corrected chi connectivity index (χ3v) is 5.17. The molecule has 4 heterocycles. The first kappa shape index (κ1) is 15.7. The molecule has 4 rings (SSSR count). The van der Waals surface area contributed by atoms with Crippen LogP contribution in [0.3, 0.4) is 0 Å². The second-order valence-electron chi connectivity index (χ2n) is 6.86. The summed E-state index contributed by atoms with van der Waals surface area (Å²) >= 11 is 0. The van der Waals surface area contributed by atoms with E-state index in [4.69, 9.17) is 13.9 Å². The molecule has 0 amide bonds. The van der Waals surface area contributed by atoms with E-state index in [9.17, 15) is 0 Å². The van der Waals surface area contributed by atoms with Crippen LogP contribution in [-0.2, 0) is 11.3 Å². The Kier molecular flexibility index (Phi) is 4.54. The molecular formula is C19H24N2O3. The zero-order valence-corrected chi connectivity index (χ0v) is 13.9. The highest BCUT2D eigenvalue weighted by Crippen LogP contribution is 2.40. The molecule has 0 aliphatic carbocycles. The molecule has 2 fully saturated rings. The minimum Gasteiger partial charge on any atom is -0.477 e. The molecular weight excluding hydrogens is 304 g/mol. The Morgan fingerprint density at radius 3 is 3.12 bits per heavy atom. The van der Waals surface area contributed by atoms with Gasteiger partial charge in [0.25, 0.3) is 0 Å². The van der Waals surface area contributed by atoms with Gasteiger partial charge in [-0.1, -0.05) is 6.07 Å². The van der Waals surface area contributed by atoms with E-state index in [1.807, 2.05) is 30.3 Å². The highest BCUT2D eigenvalue weighted by Gasteiger charge is 2.46. The number of piperidine rings is 1. The van der Waals surface area contributed by atoms with Gasteiger partial charge in [0.2, 0.25) is 5.88 Å². The first-order valence-electron chi connectivity index (χ1n) is 8.74. The molecule has 0 radical (unpaired) electrons. The molecule has 0 N–H and O–H groups in total. The number of hydrogen-bond acceptors (Lipinski definition) is 5. The van der Waals surface area contributed by atoms with E-state index in [-0.39, 0.29) is 11.5 Å². The quantitative estimate of drug-likeness (QED) is 0.844. The second-order valence-corrected chi connectivity index (χ2v) is 6.86. The zero-order chi connectivity index (χ0) is 16.2. The molecule has 24 heavy (non-hydrogen) atoms. The van der Waals surface area contributed by atoms with E-state index in [0.717, 1.165) is 51.3 Å². The fraction of sp³-hybridized carbons (Fsp3) is 0.526. The number of pyridine rings is 1. The molecule has 0 saturated carbocycles. The molecule has 0 bridgehead atoms. The Labute approximate surface area is 142 Å². The summed E-state index contributed by atoms with van der Waals surface area (Å²) in [5, 5.41) is 0. The van der Waals surface area contributed by atoms with Gasteiger partial charge in [-0.15, -0.1) is 0 Å². The Morgan fingerprint density at radius 1 is 1.29 bits per heavy atom. The zero-order valence-electron chi connectivity index (χ0n) is 13.9. The lowest BCUT2D eigenvalue weighted by Crippen LogP contribution is -2.57. The molecule has 5 heteroatoms. The van der Waals surface area contributed by atoms with Crippen molar-refractivity contribution in [1.29, 1.82) is 0 Å². The first-order valence-corrected chi connectivity index (χ1v) is 8.74. The highest BCUT2D eigenvalue weighted by atomic mass is 16.5. The van der Waals surface area contributed by atoms with Crippen molar-refractivity contribution in [2.45, 2.75) is 31.9 Å². The maximum Gasteiger partial charge on any atom is 0.213 e. The van der Waals surface area contributed by atoms with E-state index < -0.39 is 0 Å². The third kappa shape index (κ3) is 3.32. The van der Waals surface area contributed by atoms with Crippen molar-refractivity contribution >= 4 is 0 Å². The van der Waals surface area contributed by atoms with Crippen LogP contribution < -0.4 is 4.74 Å². The first-order chi connectivity index (χ1) is 11.8. The van der Waals surface area contributed by atoms with Crippen molar-refractivity contribution in [3.05, 3.63) is 48.6 Å². The summed E-state index contributed by atoms with van der Waals surface area (Å²) in [4.78, 5) is 6.75. The summed E-state index contributed by atoms with van der Waals surface area (Å²) in [7, 11) is 0. The van der Waals surface area contributed by atoms with E-state index in [2.05, 4.69) is 9.88 Å². The largest absolute Gasteiger partial charge is 0.477 e. The Hall–Kier alpha value is -1.85. The van der Waals surface area contributed by atoms with Gasteiger partial charge in [-0.3, -0.25) is 4.90 Å². The molecule has 5 nitrogen and oxygen atoms in total. The summed E-state index contributed by atoms with van der Waals surface area (Å²) in [5.41, 5.74) is 0.0423.